The predicted octanol–water partition coefficient (Wildman–Crippen LogP) is 2.29. The van der Waals surface area contributed by atoms with E-state index in [0.29, 0.717) is 17.5 Å². The summed E-state index contributed by atoms with van der Waals surface area (Å²) in [7, 11) is 2.00. The first-order valence-corrected chi connectivity index (χ1v) is 7.57. The summed E-state index contributed by atoms with van der Waals surface area (Å²) in [6, 6.07) is 4.64. The molecule has 0 unspecified atom stereocenters. The first kappa shape index (κ1) is 13.2. The lowest BCUT2D eigenvalue weighted by atomic mass is 10.4. The van der Waals surface area contributed by atoms with Crippen molar-refractivity contribution in [2.45, 2.75) is 32.4 Å². The summed E-state index contributed by atoms with van der Waals surface area (Å²) in [4.78, 5) is 17.0. The van der Waals surface area contributed by atoms with E-state index in [9.17, 15) is 4.79 Å². The van der Waals surface area contributed by atoms with E-state index in [1.165, 1.54) is 29.9 Å². The Kier molecular flexibility index (Phi) is 3.48. The van der Waals surface area contributed by atoms with Gasteiger partial charge in [0.1, 0.15) is 4.88 Å². The number of aromatic nitrogens is 2. The van der Waals surface area contributed by atoms with E-state index in [1.54, 1.807) is 6.20 Å². The number of carbonyl (C=O) groups is 1. The third kappa shape index (κ3) is 2.85. The summed E-state index contributed by atoms with van der Waals surface area (Å²) in [5, 5.41) is 7.08. The average Bonchev–Trinajstić information content (AvgIpc) is 3.02. The monoisotopic (exact) mass is 290 g/mol. The van der Waals surface area contributed by atoms with Gasteiger partial charge in [0.05, 0.1) is 12.7 Å². The molecule has 1 fully saturated rings. The average molecular weight is 290 g/mol. The van der Waals surface area contributed by atoms with Crippen molar-refractivity contribution in [2.75, 3.05) is 5.32 Å². The van der Waals surface area contributed by atoms with E-state index in [4.69, 9.17) is 0 Å². The number of thiazole rings is 1. The van der Waals surface area contributed by atoms with Gasteiger partial charge in [-0.3, -0.25) is 4.79 Å². The topological polar surface area (TPSA) is 59.0 Å². The van der Waals surface area contributed by atoms with Crippen molar-refractivity contribution in [3.63, 3.8) is 0 Å². The number of amides is 1. The van der Waals surface area contributed by atoms with Crippen LogP contribution in [0.2, 0.25) is 0 Å². The summed E-state index contributed by atoms with van der Waals surface area (Å²) in [6.45, 7) is 2.58. The van der Waals surface area contributed by atoms with Crippen LogP contribution in [0, 0.1) is 6.92 Å². The molecule has 0 spiro atoms. The molecule has 2 aromatic heterocycles. The highest BCUT2D eigenvalue weighted by atomic mass is 32.1. The van der Waals surface area contributed by atoms with Gasteiger partial charge in [0.15, 0.2) is 5.13 Å². The maximum absolute atomic E-state index is 12.1. The van der Waals surface area contributed by atoms with Gasteiger partial charge >= 0.3 is 0 Å². The molecule has 3 rings (SSSR count). The minimum absolute atomic E-state index is 0.0646. The van der Waals surface area contributed by atoms with Gasteiger partial charge in [0.25, 0.3) is 5.91 Å². The molecule has 1 aliphatic rings. The largest absolute Gasteiger partial charge is 0.359 e. The minimum Gasteiger partial charge on any atom is -0.359 e. The van der Waals surface area contributed by atoms with Crippen molar-refractivity contribution >= 4 is 22.4 Å². The van der Waals surface area contributed by atoms with Crippen LogP contribution in [-0.4, -0.2) is 21.5 Å². The summed E-state index contributed by atoms with van der Waals surface area (Å²) >= 11 is 1.41. The summed E-state index contributed by atoms with van der Waals surface area (Å²) in [5.74, 6) is -0.0646. The van der Waals surface area contributed by atoms with Crippen molar-refractivity contribution in [3.05, 3.63) is 34.6 Å². The summed E-state index contributed by atoms with van der Waals surface area (Å²) in [6.07, 6.45) is 4.04. The van der Waals surface area contributed by atoms with E-state index in [-0.39, 0.29) is 5.91 Å². The zero-order chi connectivity index (χ0) is 14.1. The molecule has 1 amide bonds. The van der Waals surface area contributed by atoms with E-state index in [2.05, 4.69) is 20.2 Å². The lowest BCUT2D eigenvalue weighted by Crippen LogP contribution is -2.23. The van der Waals surface area contributed by atoms with Crippen LogP contribution in [0.3, 0.4) is 0 Å². The number of nitrogens with one attached hydrogen (secondary N) is 2. The van der Waals surface area contributed by atoms with Crippen LogP contribution in [0.25, 0.3) is 0 Å². The highest BCUT2D eigenvalue weighted by Gasteiger charge is 2.22. The molecule has 2 heterocycles. The molecule has 2 aromatic rings. The molecular weight excluding hydrogens is 272 g/mol. The zero-order valence-corrected chi connectivity index (χ0v) is 12.5. The fourth-order valence-electron chi connectivity index (χ4n) is 1.95. The van der Waals surface area contributed by atoms with Crippen molar-refractivity contribution in [2.24, 2.45) is 7.05 Å². The SMILES string of the molecule is Cc1ccc(CNC(=O)c2cnc(NC3CC3)s2)n1C. The molecular formula is C14H18N4OS. The number of hydrogen-bond acceptors (Lipinski definition) is 4. The highest BCUT2D eigenvalue weighted by Crippen LogP contribution is 2.27. The Bertz CT molecular complexity index is 627. The van der Waals surface area contributed by atoms with Crippen molar-refractivity contribution in [3.8, 4) is 0 Å². The molecule has 6 heteroatoms. The van der Waals surface area contributed by atoms with Gasteiger partial charge in [0, 0.05) is 24.5 Å². The maximum atomic E-state index is 12.1. The highest BCUT2D eigenvalue weighted by molar-refractivity contribution is 7.17. The first-order valence-electron chi connectivity index (χ1n) is 6.75. The van der Waals surface area contributed by atoms with Crippen LogP contribution in [0.1, 0.15) is 33.9 Å². The molecule has 106 valence electrons. The minimum atomic E-state index is -0.0646. The third-order valence-electron chi connectivity index (χ3n) is 3.54. The normalized spacial score (nSPS) is 14.3. The number of hydrogen-bond donors (Lipinski definition) is 2. The number of anilines is 1. The van der Waals surface area contributed by atoms with Crippen LogP contribution in [0.5, 0.6) is 0 Å². The maximum Gasteiger partial charge on any atom is 0.263 e. The number of aryl methyl sites for hydroxylation is 1. The van der Waals surface area contributed by atoms with Gasteiger partial charge in [-0.25, -0.2) is 4.98 Å². The molecule has 0 radical (unpaired) electrons. The van der Waals surface area contributed by atoms with Gasteiger partial charge in [-0.1, -0.05) is 11.3 Å². The Hall–Kier alpha value is -1.82. The second-order valence-corrected chi connectivity index (χ2v) is 6.19. The predicted molar refractivity (Wildman–Crippen MR) is 80.1 cm³/mol. The van der Waals surface area contributed by atoms with E-state index < -0.39 is 0 Å². The fraction of sp³-hybridized carbons (Fsp3) is 0.429. The Morgan fingerprint density at radius 1 is 1.50 bits per heavy atom. The van der Waals surface area contributed by atoms with Crippen LogP contribution in [-0.2, 0) is 13.6 Å². The Balaban J connectivity index is 1.58. The summed E-state index contributed by atoms with van der Waals surface area (Å²) in [5.41, 5.74) is 2.28. The standard InChI is InChI=1S/C14H18N4OS/c1-9-3-6-11(18(9)2)7-15-13(19)12-8-16-14(20-12)17-10-4-5-10/h3,6,8,10H,4-5,7H2,1-2H3,(H,15,19)(H,16,17). The van der Waals surface area contributed by atoms with E-state index >= 15 is 0 Å². The molecule has 0 atom stereocenters. The van der Waals surface area contributed by atoms with Crippen molar-refractivity contribution in [1.82, 2.24) is 14.9 Å². The first-order chi connectivity index (χ1) is 9.63. The van der Waals surface area contributed by atoms with Crippen LogP contribution >= 0.6 is 11.3 Å². The van der Waals surface area contributed by atoms with Gasteiger partial charge in [-0.2, -0.15) is 0 Å². The molecule has 1 aliphatic carbocycles. The van der Waals surface area contributed by atoms with Gasteiger partial charge in [0.2, 0.25) is 0 Å². The molecule has 20 heavy (non-hydrogen) atoms. The molecule has 5 nitrogen and oxygen atoms in total. The van der Waals surface area contributed by atoms with E-state index in [1.807, 2.05) is 26.1 Å². The lowest BCUT2D eigenvalue weighted by molar-refractivity contribution is 0.0954. The molecule has 0 aliphatic heterocycles. The summed E-state index contributed by atoms with van der Waals surface area (Å²) < 4.78 is 2.08. The quantitative estimate of drug-likeness (QED) is 0.888. The second-order valence-electron chi connectivity index (χ2n) is 5.16. The van der Waals surface area contributed by atoms with Gasteiger partial charge in [-0.15, -0.1) is 0 Å². The smallest absolute Gasteiger partial charge is 0.263 e. The number of carbonyl (C=O) groups excluding carboxylic acids is 1. The van der Waals surface area contributed by atoms with Crippen LogP contribution in [0.15, 0.2) is 18.3 Å². The Morgan fingerprint density at radius 2 is 2.30 bits per heavy atom. The zero-order valence-electron chi connectivity index (χ0n) is 11.6. The molecule has 0 saturated heterocycles. The van der Waals surface area contributed by atoms with Crippen molar-refractivity contribution < 1.29 is 4.79 Å². The van der Waals surface area contributed by atoms with Crippen molar-refractivity contribution in [1.29, 1.82) is 0 Å². The number of rotatable bonds is 5. The Labute approximate surface area is 122 Å². The number of nitrogens with zero attached hydrogens (tertiary/aromatic N) is 2. The molecule has 2 N–H and O–H groups in total. The van der Waals surface area contributed by atoms with E-state index in [0.717, 1.165) is 10.8 Å². The molecule has 1 saturated carbocycles. The van der Waals surface area contributed by atoms with Gasteiger partial charge in [-0.05, 0) is 31.9 Å². The van der Waals surface area contributed by atoms with Crippen LogP contribution < -0.4 is 10.6 Å². The fourth-order valence-corrected chi connectivity index (χ4v) is 2.76. The second kappa shape index (κ2) is 5.28. The molecule has 0 bridgehead atoms. The lowest BCUT2D eigenvalue weighted by Gasteiger charge is -2.06. The van der Waals surface area contributed by atoms with Crippen LogP contribution in [0.4, 0.5) is 5.13 Å². The molecule has 0 aromatic carbocycles. The van der Waals surface area contributed by atoms with Gasteiger partial charge < -0.3 is 15.2 Å². The third-order valence-corrected chi connectivity index (χ3v) is 4.47. The Morgan fingerprint density at radius 3 is 2.95 bits per heavy atom.